The molecule has 0 atom stereocenters. The normalized spacial score (nSPS) is 12.0. The molecule has 0 aromatic rings. The van der Waals surface area contributed by atoms with E-state index in [1.54, 1.807) is 6.92 Å². The monoisotopic (exact) mass is 180 g/mol. The molecule has 0 saturated heterocycles. The maximum absolute atomic E-state index is 8.99. The summed E-state index contributed by atoms with van der Waals surface area (Å²) in [4.78, 5) is 18.0. The van der Waals surface area contributed by atoms with Crippen LogP contribution in [0.1, 0.15) is 26.7 Å². The molecule has 0 amide bonds. The minimum Gasteiger partial charge on any atom is -0.367 e. The Morgan fingerprint density at radius 1 is 1.18 bits per heavy atom. The summed E-state index contributed by atoms with van der Waals surface area (Å²) in [7, 11) is -3.74. The fourth-order valence-electron chi connectivity index (χ4n) is 0.579. The van der Waals surface area contributed by atoms with Crippen molar-refractivity contribution < 1.29 is 18.4 Å². The van der Waals surface area contributed by atoms with Gasteiger partial charge in [0.25, 0.3) is 0 Å². The molecule has 0 spiro atoms. The van der Waals surface area contributed by atoms with Gasteiger partial charge in [-0.15, -0.1) is 0 Å². The predicted molar refractivity (Wildman–Crippen MR) is 42.7 cm³/mol. The fourth-order valence-corrected chi connectivity index (χ4v) is 1.45. The third-order valence-corrected chi connectivity index (χ3v) is 2.37. The van der Waals surface area contributed by atoms with Crippen LogP contribution in [0.2, 0.25) is 0 Å². The van der Waals surface area contributed by atoms with E-state index < -0.39 is 9.05 Å². The summed E-state index contributed by atoms with van der Waals surface area (Å²) in [5.74, 6) is 0. The van der Waals surface area contributed by atoms with E-state index in [-0.39, 0.29) is 6.61 Å². The fraction of sp³-hybridized carbons (Fsp3) is 1.00. The summed E-state index contributed by atoms with van der Waals surface area (Å²) in [6, 6.07) is 0. The van der Waals surface area contributed by atoms with Gasteiger partial charge < -0.3 is 18.4 Å². The summed E-state index contributed by atoms with van der Waals surface area (Å²) in [6.45, 7) is 4.32. The van der Waals surface area contributed by atoms with Gasteiger partial charge >= 0.3 is 9.05 Å². The van der Waals surface area contributed by atoms with Crippen molar-refractivity contribution in [1.29, 1.82) is 0 Å². The van der Waals surface area contributed by atoms with Gasteiger partial charge in [-0.1, -0.05) is 13.3 Å². The molecule has 0 heterocycles. The van der Waals surface area contributed by atoms with Crippen molar-refractivity contribution in [1.82, 2.24) is 0 Å². The lowest BCUT2D eigenvalue weighted by molar-refractivity contribution is 0.0271. The minimum absolute atomic E-state index is 0.269. The molecule has 0 aliphatic heterocycles. The number of hydrogen-bond acceptors (Lipinski definition) is 4. The lowest BCUT2D eigenvalue weighted by Gasteiger charge is -2.15. The van der Waals surface area contributed by atoms with Gasteiger partial charge in [0.2, 0.25) is 0 Å². The first-order valence-corrected chi connectivity index (χ1v) is 5.56. The highest BCUT2D eigenvalue weighted by Crippen LogP contribution is 1.99. The molecule has 0 aromatic heterocycles. The van der Waals surface area contributed by atoms with E-state index >= 15 is 0 Å². The molecule has 0 bridgehead atoms. The van der Waals surface area contributed by atoms with Crippen molar-refractivity contribution in [2.45, 2.75) is 26.7 Å². The molecule has 0 aromatic carbocycles. The molecule has 0 aliphatic rings. The van der Waals surface area contributed by atoms with Crippen LogP contribution in [0.5, 0.6) is 0 Å². The Morgan fingerprint density at radius 3 is 2.27 bits per heavy atom. The van der Waals surface area contributed by atoms with Gasteiger partial charge in [-0.2, -0.15) is 0 Å². The highest BCUT2D eigenvalue weighted by Gasteiger charge is 2.35. The number of unbranched alkanes of at least 4 members (excludes halogenated alkanes) is 1. The molecule has 5 heteroatoms. The second kappa shape index (κ2) is 5.67. The van der Waals surface area contributed by atoms with Gasteiger partial charge in [0.05, 0.1) is 0 Å². The Hall–Kier alpha value is 0.0569. The van der Waals surface area contributed by atoms with E-state index in [4.69, 9.17) is 14.0 Å². The zero-order chi connectivity index (χ0) is 8.74. The molecule has 68 valence electrons. The average molecular weight is 180 g/mol. The van der Waals surface area contributed by atoms with Crippen LogP contribution in [0.4, 0.5) is 0 Å². The Kier molecular flexibility index (Phi) is 5.70. The third-order valence-electron chi connectivity index (χ3n) is 1.12. The largest absolute Gasteiger partial charge is 0.674 e. The van der Waals surface area contributed by atoms with E-state index in [9.17, 15) is 0 Å². The van der Waals surface area contributed by atoms with E-state index in [0.717, 1.165) is 12.8 Å². The highest BCUT2D eigenvalue weighted by atomic mass is 28.4. The molecule has 0 unspecified atom stereocenters. The van der Waals surface area contributed by atoms with E-state index in [1.165, 1.54) is 0 Å². The summed E-state index contributed by atoms with van der Waals surface area (Å²) < 4.78 is 9.34. The number of rotatable bonds is 6. The Morgan fingerprint density at radius 2 is 1.82 bits per heavy atom. The molecule has 0 fully saturated rings. The SMILES string of the molecule is CCCCO[Si](O)(O)OCC. The first-order chi connectivity index (χ1) is 5.12. The topological polar surface area (TPSA) is 58.9 Å². The zero-order valence-corrected chi connectivity index (χ0v) is 8.04. The highest BCUT2D eigenvalue weighted by molar-refractivity contribution is 6.50. The minimum atomic E-state index is -3.74. The number of hydrogen-bond donors (Lipinski definition) is 2. The Labute approximate surface area is 68.3 Å². The molecular formula is C6H16O4Si. The standard InChI is InChI=1S/C6H16O4Si/c1-3-5-6-10-11(7,8)9-4-2/h7-8H,3-6H2,1-2H3. The van der Waals surface area contributed by atoms with E-state index in [0.29, 0.717) is 6.61 Å². The lowest BCUT2D eigenvalue weighted by atomic mass is 10.4. The average Bonchev–Trinajstić information content (AvgIpc) is 1.87. The quantitative estimate of drug-likeness (QED) is 0.455. The van der Waals surface area contributed by atoms with Crippen molar-refractivity contribution in [2.24, 2.45) is 0 Å². The second-order valence-electron chi connectivity index (χ2n) is 2.18. The maximum Gasteiger partial charge on any atom is 0.674 e. The van der Waals surface area contributed by atoms with Crippen molar-refractivity contribution in [3.63, 3.8) is 0 Å². The van der Waals surface area contributed by atoms with Crippen LogP contribution in [0.25, 0.3) is 0 Å². The van der Waals surface area contributed by atoms with Crippen molar-refractivity contribution in [3.8, 4) is 0 Å². The third kappa shape index (κ3) is 6.45. The molecule has 4 nitrogen and oxygen atoms in total. The predicted octanol–water partition coefficient (Wildman–Crippen LogP) is 0.260. The van der Waals surface area contributed by atoms with Gasteiger partial charge in [-0.25, -0.2) is 0 Å². The summed E-state index contributed by atoms with van der Waals surface area (Å²) in [5, 5.41) is 0. The second-order valence-corrected chi connectivity index (χ2v) is 3.86. The van der Waals surface area contributed by atoms with Gasteiger partial charge in [-0.3, -0.25) is 0 Å². The molecule has 0 rings (SSSR count). The van der Waals surface area contributed by atoms with Gasteiger partial charge in [0, 0.05) is 13.2 Å². The van der Waals surface area contributed by atoms with Crippen LogP contribution in [0.15, 0.2) is 0 Å². The van der Waals surface area contributed by atoms with Crippen LogP contribution in [-0.2, 0) is 8.85 Å². The molecule has 0 saturated carbocycles. The molecule has 0 radical (unpaired) electrons. The van der Waals surface area contributed by atoms with Crippen molar-refractivity contribution in [3.05, 3.63) is 0 Å². The Bertz CT molecular complexity index is 96.6. The van der Waals surface area contributed by atoms with Crippen LogP contribution in [-0.4, -0.2) is 31.9 Å². The van der Waals surface area contributed by atoms with Gasteiger partial charge in [-0.05, 0) is 13.3 Å². The van der Waals surface area contributed by atoms with Crippen molar-refractivity contribution in [2.75, 3.05) is 13.2 Å². The van der Waals surface area contributed by atoms with Crippen LogP contribution >= 0.6 is 0 Å². The first kappa shape index (κ1) is 11.1. The van der Waals surface area contributed by atoms with Crippen molar-refractivity contribution >= 4 is 9.05 Å². The lowest BCUT2D eigenvalue weighted by Crippen LogP contribution is -2.43. The summed E-state index contributed by atoms with van der Waals surface area (Å²) in [6.07, 6.45) is 1.79. The van der Waals surface area contributed by atoms with Gasteiger partial charge in [0.15, 0.2) is 0 Å². The summed E-state index contributed by atoms with van der Waals surface area (Å²) in [5.41, 5.74) is 0. The molecule has 11 heavy (non-hydrogen) atoms. The first-order valence-electron chi connectivity index (χ1n) is 3.85. The molecular weight excluding hydrogens is 164 g/mol. The van der Waals surface area contributed by atoms with Crippen LogP contribution in [0, 0.1) is 0 Å². The summed E-state index contributed by atoms with van der Waals surface area (Å²) >= 11 is 0. The Balaban J connectivity index is 3.38. The van der Waals surface area contributed by atoms with Crippen LogP contribution in [0.3, 0.4) is 0 Å². The zero-order valence-electron chi connectivity index (χ0n) is 7.04. The smallest absolute Gasteiger partial charge is 0.367 e. The molecule has 0 aliphatic carbocycles. The molecule has 2 N–H and O–H groups in total. The maximum atomic E-state index is 8.99. The van der Waals surface area contributed by atoms with E-state index in [2.05, 4.69) is 4.43 Å². The van der Waals surface area contributed by atoms with Gasteiger partial charge in [0.1, 0.15) is 0 Å². The van der Waals surface area contributed by atoms with Crippen LogP contribution < -0.4 is 0 Å². The van der Waals surface area contributed by atoms with E-state index in [1.807, 2.05) is 6.92 Å².